The molecule has 0 unspecified atom stereocenters. The fourth-order valence-corrected chi connectivity index (χ4v) is 4.30. The lowest BCUT2D eigenvalue weighted by Gasteiger charge is -2.36. The van der Waals surface area contributed by atoms with Gasteiger partial charge in [0.15, 0.2) is 5.69 Å². The topological polar surface area (TPSA) is 76.9 Å². The summed E-state index contributed by atoms with van der Waals surface area (Å²) in [6.07, 6.45) is -0.178. The standard InChI is InChI=1S/C27H31ClN4O4/c1-19-16-24(29-30(19)2)26(33)32-14-12-31(13-15-32)17-25(21-8-10-23(28)11-9-21)36-18-20-4-6-22(7-5-20)27(34)35-3/h4-11,16,25H,12-15,17-18H2,1-3H3/t25-/m1/s1. The highest BCUT2D eigenvalue weighted by Gasteiger charge is 2.26. The molecule has 2 aromatic carbocycles. The van der Waals surface area contributed by atoms with Gasteiger partial charge in [-0.1, -0.05) is 35.9 Å². The maximum Gasteiger partial charge on any atom is 0.337 e. The van der Waals surface area contributed by atoms with E-state index in [1.807, 2.05) is 61.3 Å². The second-order valence-electron chi connectivity index (χ2n) is 8.93. The predicted octanol–water partition coefficient (Wildman–Crippen LogP) is 3.88. The molecule has 0 aliphatic carbocycles. The van der Waals surface area contributed by atoms with Crippen molar-refractivity contribution in [3.05, 3.63) is 87.7 Å². The Balaban J connectivity index is 1.38. The van der Waals surface area contributed by atoms with Crippen LogP contribution < -0.4 is 0 Å². The summed E-state index contributed by atoms with van der Waals surface area (Å²) in [5.41, 5.74) is 3.95. The van der Waals surface area contributed by atoms with Crippen LogP contribution in [0.3, 0.4) is 0 Å². The van der Waals surface area contributed by atoms with E-state index in [2.05, 4.69) is 10.00 Å². The number of amides is 1. The number of halogens is 1. The van der Waals surface area contributed by atoms with Crippen LogP contribution in [0.5, 0.6) is 0 Å². The fraction of sp³-hybridized carbons (Fsp3) is 0.370. The van der Waals surface area contributed by atoms with Gasteiger partial charge in [-0.05, 0) is 48.4 Å². The Hall–Kier alpha value is -3.20. The molecule has 2 heterocycles. The molecule has 9 heteroatoms. The van der Waals surface area contributed by atoms with Gasteiger partial charge in [0.2, 0.25) is 0 Å². The number of nitrogens with zero attached hydrogens (tertiary/aromatic N) is 4. The van der Waals surface area contributed by atoms with Crippen molar-refractivity contribution < 1.29 is 19.1 Å². The number of ether oxygens (including phenoxy) is 2. The SMILES string of the molecule is COC(=O)c1ccc(CO[C@H](CN2CCN(C(=O)c3cc(C)n(C)n3)CC2)c2ccc(Cl)cc2)cc1. The number of hydrogen-bond acceptors (Lipinski definition) is 6. The monoisotopic (exact) mass is 510 g/mol. The first-order chi connectivity index (χ1) is 17.3. The lowest BCUT2D eigenvalue weighted by atomic mass is 10.1. The van der Waals surface area contributed by atoms with Gasteiger partial charge < -0.3 is 14.4 Å². The maximum absolute atomic E-state index is 12.9. The van der Waals surface area contributed by atoms with E-state index in [0.29, 0.717) is 42.5 Å². The number of methoxy groups -OCH3 is 1. The molecule has 1 amide bonds. The Morgan fingerprint density at radius 2 is 1.69 bits per heavy atom. The largest absolute Gasteiger partial charge is 0.465 e. The molecule has 0 N–H and O–H groups in total. The van der Waals surface area contributed by atoms with Gasteiger partial charge in [-0.3, -0.25) is 14.4 Å². The summed E-state index contributed by atoms with van der Waals surface area (Å²) in [5.74, 6) is -0.392. The fourth-order valence-electron chi connectivity index (χ4n) is 4.18. The highest BCUT2D eigenvalue weighted by molar-refractivity contribution is 6.30. The van der Waals surface area contributed by atoms with E-state index in [0.717, 1.165) is 29.9 Å². The molecular weight excluding hydrogens is 480 g/mol. The molecule has 1 atom stereocenters. The average Bonchev–Trinajstić information content (AvgIpc) is 3.24. The summed E-state index contributed by atoms with van der Waals surface area (Å²) in [6, 6.07) is 16.7. The van der Waals surface area contributed by atoms with E-state index >= 15 is 0 Å². The molecule has 0 saturated carbocycles. The van der Waals surface area contributed by atoms with Crippen LogP contribution in [0.15, 0.2) is 54.6 Å². The summed E-state index contributed by atoms with van der Waals surface area (Å²) in [7, 11) is 3.21. The molecule has 1 aliphatic rings. The number of aromatic nitrogens is 2. The summed E-state index contributed by atoms with van der Waals surface area (Å²) in [5, 5.41) is 5.00. The first kappa shape index (κ1) is 25.9. The van der Waals surface area contributed by atoms with Gasteiger partial charge >= 0.3 is 5.97 Å². The molecule has 190 valence electrons. The lowest BCUT2D eigenvalue weighted by Crippen LogP contribution is -2.49. The third-order valence-electron chi connectivity index (χ3n) is 6.48. The molecule has 1 aromatic heterocycles. The Morgan fingerprint density at radius 1 is 1.03 bits per heavy atom. The first-order valence-electron chi connectivity index (χ1n) is 11.9. The molecule has 4 rings (SSSR count). The number of esters is 1. The number of carbonyl (C=O) groups excluding carboxylic acids is 2. The molecule has 1 saturated heterocycles. The normalized spacial score (nSPS) is 15.1. The highest BCUT2D eigenvalue weighted by atomic mass is 35.5. The van der Waals surface area contributed by atoms with Crippen LogP contribution in [-0.2, 0) is 23.1 Å². The Bertz CT molecular complexity index is 1170. The molecule has 0 spiro atoms. The minimum atomic E-state index is -0.364. The van der Waals surface area contributed by atoms with Crippen LogP contribution in [-0.4, -0.2) is 71.3 Å². The smallest absolute Gasteiger partial charge is 0.337 e. The summed E-state index contributed by atoms with van der Waals surface area (Å²) in [6.45, 7) is 5.79. The van der Waals surface area contributed by atoms with Crippen molar-refractivity contribution in [1.82, 2.24) is 19.6 Å². The van der Waals surface area contributed by atoms with E-state index in [-0.39, 0.29) is 18.0 Å². The summed E-state index contributed by atoms with van der Waals surface area (Å²) < 4.78 is 12.8. The molecule has 1 aliphatic heterocycles. The number of carbonyl (C=O) groups is 2. The van der Waals surface area contributed by atoms with Crippen molar-refractivity contribution in [2.45, 2.75) is 19.6 Å². The third-order valence-corrected chi connectivity index (χ3v) is 6.74. The second kappa shape index (κ2) is 11.7. The van der Waals surface area contributed by atoms with Crippen molar-refractivity contribution in [2.75, 3.05) is 39.8 Å². The molecule has 0 bridgehead atoms. The van der Waals surface area contributed by atoms with Crippen LogP contribution in [0.2, 0.25) is 5.02 Å². The third kappa shape index (κ3) is 6.32. The molecule has 3 aromatic rings. The highest BCUT2D eigenvalue weighted by Crippen LogP contribution is 2.24. The lowest BCUT2D eigenvalue weighted by molar-refractivity contribution is 0.00334. The molecule has 0 radical (unpaired) electrons. The van der Waals surface area contributed by atoms with E-state index in [4.69, 9.17) is 21.1 Å². The van der Waals surface area contributed by atoms with Gasteiger partial charge in [-0.2, -0.15) is 5.10 Å². The van der Waals surface area contributed by atoms with Gasteiger partial charge in [0.25, 0.3) is 5.91 Å². The van der Waals surface area contributed by atoms with E-state index < -0.39 is 0 Å². The molecule has 8 nitrogen and oxygen atoms in total. The number of piperazine rings is 1. The zero-order valence-electron chi connectivity index (χ0n) is 20.8. The van der Waals surface area contributed by atoms with Gasteiger partial charge in [0.1, 0.15) is 0 Å². The zero-order valence-corrected chi connectivity index (χ0v) is 21.6. The number of aryl methyl sites for hydroxylation is 2. The summed E-state index contributed by atoms with van der Waals surface area (Å²) in [4.78, 5) is 28.7. The van der Waals surface area contributed by atoms with E-state index in [1.165, 1.54) is 7.11 Å². The summed E-state index contributed by atoms with van der Waals surface area (Å²) >= 11 is 6.11. The van der Waals surface area contributed by atoms with Crippen LogP contribution in [0.25, 0.3) is 0 Å². The predicted molar refractivity (Wildman–Crippen MR) is 137 cm³/mol. The minimum Gasteiger partial charge on any atom is -0.465 e. The van der Waals surface area contributed by atoms with Gasteiger partial charge in [0, 0.05) is 50.5 Å². The Morgan fingerprint density at radius 3 is 2.28 bits per heavy atom. The van der Waals surface area contributed by atoms with Crippen LogP contribution >= 0.6 is 11.6 Å². The number of rotatable bonds is 8. The Kier molecular flexibility index (Phi) is 8.40. The van der Waals surface area contributed by atoms with E-state index in [1.54, 1.807) is 16.8 Å². The van der Waals surface area contributed by atoms with Gasteiger partial charge in [0.05, 0.1) is 25.4 Å². The van der Waals surface area contributed by atoms with Crippen LogP contribution in [0.4, 0.5) is 0 Å². The average molecular weight is 511 g/mol. The van der Waals surface area contributed by atoms with Crippen molar-refractivity contribution in [1.29, 1.82) is 0 Å². The first-order valence-corrected chi connectivity index (χ1v) is 12.3. The molecule has 36 heavy (non-hydrogen) atoms. The van der Waals surface area contributed by atoms with Gasteiger partial charge in [-0.15, -0.1) is 0 Å². The maximum atomic E-state index is 12.9. The van der Waals surface area contributed by atoms with Crippen LogP contribution in [0.1, 0.15) is 43.8 Å². The van der Waals surface area contributed by atoms with Crippen molar-refractivity contribution in [3.63, 3.8) is 0 Å². The number of benzene rings is 2. The van der Waals surface area contributed by atoms with Crippen molar-refractivity contribution in [2.24, 2.45) is 7.05 Å². The molecular formula is C27H31ClN4O4. The van der Waals surface area contributed by atoms with Gasteiger partial charge in [-0.25, -0.2) is 4.79 Å². The van der Waals surface area contributed by atoms with E-state index in [9.17, 15) is 9.59 Å². The van der Waals surface area contributed by atoms with Crippen LogP contribution in [0, 0.1) is 6.92 Å². The zero-order chi connectivity index (χ0) is 25.7. The number of hydrogen-bond donors (Lipinski definition) is 0. The molecule has 1 fully saturated rings. The Labute approximate surface area is 216 Å². The van der Waals surface area contributed by atoms with Crippen molar-refractivity contribution >= 4 is 23.5 Å². The quantitative estimate of drug-likeness (QED) is 0.428. The minimum absolute atomic E-state index is 0.0285. The second-order valence-corrected chi connectivity index (χ2v) is 9.36. The van der Waals surface area contributed by atoms with Crippen molar-refractivity contribution in [3.8, 4) is 0 Å².